The summed E-state index contributed by atoms with van der Waals surface area (Å²) >= 11 is 0. The Balaban J connectivity index is 2.61. The summed E-state index contributed by atoms with van der Waals surface area (Å²) in [6, 6.07) is 8.28. The maximum atomic E-state index is 10.9. The minimum absolute atomic E-state index is 0.0171. The lowest BCUT2D eigenvalue weighted by Gasteiger charge is -2.27. The van der Waals surface area contributed by atoms with Crippen LogP contribution < -0.4 is 0 Å². The van der Waals surface area contributed by atoms with Gasteiger partial charge in [-0.1, -0.05) is 65.8 Å². The van der Waals surface area contributed by atoms with Gasteiger partial charge in [-0.15, -0.1) is 0 Å². The number of rotatable bonds is 2. The van der Waals surface area contributed by atoms with Gasteiger partial charge in [0.2, 0.25) is 0 Å². The number of phenols is 2. The Morgan fingerprint density at radius 3 is 1.68 bits per heavy atom. The van der Waals surface area contributed by atoms with Crippen LogP contribution in [0.4, 0.5) is 0 Å². The highest BCUT2D eigenvalue weighted by molar-refractivity contribution is 5.51. The number of aromatic hydroxyl groups is 2. The fraction of sp³-hybridized carbons (Fsp3) is 0.478. The summed E-state index contributed by atoms with van der Waals surface area (Å²) in [6.45, 7) is 16.8. The molecule has 0 aromatic heterocycles. The van der Waals surface area contributed by atoms with Crippen molar-refractivity contribution in [3.05, 3.63) is 57.6 Å². The van der Waals surface area contributed by atoms with Gasteiger partial charge in [0.05, 0.1) is 0 Å². The van der Waals surface area contributed by atoms with Crippen molar-refractivity contribution in [3.8, 4) is 11.5 Å². The van der Waals surface area contributed by atoms with Crippen LogP contribution in [0.5, 0.6) is 11.5 Å². The number of phenolic OH excluding ortho intramolecular Hbond substituents is 2. The lowest BCUT2D eigenvalue weighted by Crippen LogP contribution is -2.17. The largest absolute Gasteiger partial charge is 0.507 e. The fourth-order valence-electron chi connectivity index (χ4n) is 3.20. The summed E-state index contributed by atoms with van der Waals surface area (Å²) in [5, 5.41) is 20.9. The van der Waals surface area contributed by atoms with E-state index in [9.17, 15) is 10.2 Å². The molecule has 136 valence electrons. The zero-order valence-electron chi connectivity index (χ0n) is 16.9. The van der Waals surface area contributed by atoms with Crippen molar-refractivity contribution < 1.29 is 10.2 Å². The number of benzene rings is 2. The van der Waals surface area contributed by atoms with Gasteiger partial charge in [-0.3, -0.25) is 0 Å². The molecule has 2 aromatic rings. The molecule has 2 aromatic carbocycles. The van der Waals surface area contributed by atoms with Crippen LogP contribution in [0.2, 0.25) is 0 Å². The highest BCUT2D eigenvalue weighted by Gasteiger charge is 2.25. The molecular formula is C23H32O2. The van der Waals surface area contributed by atoms with Crippen molar-refractivity contribution in [2.24, 2.45) is 0 Å². The average molecular weight is 341 g/mol. The van der Waals surface area contributed by atoms with Gasteiger partial charge >= 0.3 is 0 Å². The molecule has 0 unspecified atom stereocenters. The maximum absolute atomic E-state index is 10.9. The first-order valence-corrected chi connectivity index (χ1v) is 8.96. The van der Waals surface area contributed by atoms with Gasteiger partial charge in [0.15, 0.2) is 0 Å². The maximum Gasteiger partial charge on any atom is 0.122 e. The van der Waals surface area contributed by atoms with Crippen molar-refractivity contribution in [2.75, 3.05) is 0 Å². The van der Waals surface area contributed by atoms with Crippen LogP contribution in [0.25, 0.3) is 0 Å². The van der Waals surface area contributed by atoms with E-state index in [1.165, 1.54) is 5.56 Å². The Kier molecular flexibility index (Phi) is 4.96. The topological polar surface area (TPSA) is 40.5 Å². The second kappa shape index (κ2) is 6.40. The molecule has 0 atom stereocenters. The highest BCUT2D eigenvalue weighted by Crippen LogP contribution is 2.38. The molecule has 0 saturated carbocycles. The first kappa shape index (κ1) is 19.4. The SMILES string of the molecule is Cc1cc(Cc2cc(C(C)(C)C)cc(C(C)(C)C)c2O)cc(C)c1O. The van der Waals surface area contributed by atoms with E-state index < -0.39 is 0 Å². The Morgan fingerprint density at radius 2 is 1.24 bits per heavy atom. The van der Waals surface area contributed by atoms with Crippen molar-refractivity contribution in [3.63, 3.8) is 0 Å². The first-order chi connectivity index (χ1) is 11.3. The lowest BCUT2D eigenvalue weighted by molar-refractivity contribution is 0.439. The van der Waals surface area contributed by atoms with Crippen molar-refractivity contribution in [2.45, 2.75) is 72.6 Å². The van der Waals surface area contributed by atoms with Crippen LogP contribution in [-0.4, -0.2) is 10.2 Å². The number of aryl methyl sites for hydroxylation is 2. The van der Waals surface area contributed by atoms with E-state index in [2.05, 4.69) is 53.7 Å². The molecule has 0 aliphatic carbocycles. The summed E-state index contributed by atoms with van der Waals surface area (Å²) in [7, 11) is 0. The summed E-state index contributed by atoms with van der Waals surface area (Å²) in [6.07, 6.45) is 0.654. The third-order valence-electron chi connectivity index (χ3n) is 4.81. The van der Waals surface area contributed by atoms with Gasteiger partial charge in [-0.05, 0) is 58.1 Å². The highest BCUT2D eigenvalue weighted by atomic mass is 16.3. The summed E-state index contributed by atoms with van der Waals surface area (Å²) in [4.78, 5) is 0. The van der Waals surface area contributed by atoms with Crippen LogP contribution in [-0.2, 0) is 17.3 Å². The Labute approximate surface area is 152 Å². The van der Waals surface area contributed by atoms with E-state index in [0.717, 1.165) is 27.8 Å². The molecule has 0 radical (unpaired) electrons. The zero-order chi connectivity index (χ0) is 19.2. The van der Waals surface area contributed by atoms with Crippen LogP contribution in [0.15, 0.2) is 24.3 Å². The van der Waals surface area contributed by atoms with E-state index in [1.807, 2.05) is 26.0 Å². The van der Waals surface area contributed by atoms with Crippen LogP contribution >= 0.6 is 0 Å². The number of hydrogen-bond acceptors (Lipinski definition) is 2. The van der Waals surface area contributed by atoms with Crippen molar-refractivity contribution >= 4 is 0 Å². The smallest absolute Gasteiger partial charge is 0.122 e. The van der Waals surface area contributed by atoms with Crippen LogP contribution in [0.3, 0.4) is 0 Å². The van der Waals surface area contributed by atoms with E-state index in [0.29, 0.717) is 17.9 Å². The molecular weight excluding hydrogens is 308 g/mol. The predicted molar refractivity (Wildman–Crippen MR) is 106 cm³/mol. The molecule has 2 nitrogen and oxygen atoms in total. The standard InChI is InChI=1S/C23H32O2/c1-14-9-16(10-15(2)20(14)24)11-17-12-18(22(3,4)5)13-19(21(17)25)23(6,7)8/h9-10,12-13,24-25H,11H2,1-8H3. The monoisotopic (exact) mass is 340 g/mol. The molecule has 0 spiro atoms. The lowest BCUT2D eigenvalue weighted by atomic mass is 9.78. The summed E-state index contributed by atoms with van der Waals surface area (Å²) in [5.74, 6) is 0.746. The van der Waals surface area contributed by atoms with Gasteiger partial charge in [0.25, 0.3) is 0 Å². The van der Waals surface area contributed by atoms with E-state index in [4.69, 9.17) is 0 Å². The minimum Gasteiger partial charge on any atom is -0.507 e. The zero-order valence-corrected chi connectivity index (χ0v) is 16.9. The molecule has 0 heterocycles. The Hall–Kier alpha value is -1.96. The molecule has 0 amide bonds. The molecule has 2 heteroatoms. The third kappa shape index (κ3) is 4.18. The molecule has 0 fully saturated rings. The fourth-order valence-corrected chi connectivity index (χ4v) is 3.20. The Bertz CT molecular complexity index is 764. The second-order valence-electron chi connectivity index (χ2n) is 9.29. The van der Waals surface area contributed by atoms with Crippen LogP contribution in [0.1, 0.15) is 74.9 Å². The normalized spacial score (nSPS) is 12.5. The summed E-state index contributed by atoms with van der Waals surface area (Å²) < 4.78 is 0. The first-order valence-electron chi connectivity index (χ1n) is 8.96. The van der Waals surface area contributed by atoms with Crippen molar-refractivity contribution in [1.29, 1.82) is 0 Å². The van der Waals surface area contributed by atoms with Gasteiger partial charge in [-0.2, -0.15) is 0 Å². The number of hydrogen-bond donors (Lipinski definition) is 2. The van der Waals surface area contributed by atoms with E-state index >= 15 is 0 Å². The van der Waals surface area contributed by atoms with Crippen LogP contribution in [0, 0.1) is 13.8 Å². The van der Waals surface area contributed by atoms with Gasteiger partial charge in [-0.25, -0.2) is 0 Å². The minimum atomic E-state index is -0.124. The molecule has 0 aliphatic rings. The Morgan fingerprint density at radius 1 is 0.720 bits per heavy atom. The van der Waals surface area contributed by atoms with Crippen molar-refractivity contribution in [1.82, 2.24) is 0 Å². The third-order valence-corrected chi connectivity index (χ3v) is 4.81. The molecule has 0 saturated heterocycles. The molecule has 0 bridgehead atoms. The second-order valence-corrected chi connectivity index (χ2v) is 9.29. The van der Waals surface area contributed by atoms with Gasteiger partial charge < -0.3 is 10.2 Å². The van der Waals surface area contributed by atoms with Gasteiger partial charge in [0.1, 0.15) is 11.5 Å². The van der Waals surface area contributed by atoms with Gasteiger partial charge in [0, 0.05) is 6.42 Å². The average Bonchev–Trinajstić information content (AvgIpc) is 2.44. The predicted octanol–water partition coefficient (Wildman–Crippen LogP) is 5.90. The molecule has 25 heavy (non-hydrogen) atoms. The van der Waals surface area contributed by atoms with E-state index in [1.54, 1.807) is 0 Å². The quantitative estimate of drug-likeness (QED) is 0.714. The molecule has 0 aliphatic heterocycles. The molecule has 2 rings (SSSR count). The van der Waals surface area contributed by atoms with E-state index in [-0.39, 0.29) is 10.8 Å². The molecule has 2 N–H and O–H groups in total. The summed E-state index contributed by atoms with van der Waals surface area (Å²) in [5.41, 5.74) is 5.91.